The van der Waals surface area contributed by atoms with Crippen LogP contribution in [0.4, 0.5) is 0 Å². The van der Waals surface area contributed by atoms with E-state index in [1.807, 2.05) is 20.8 Å². The lowest BCUT2D eigenvalue weighted by molar-refractivity contribution is -0.147. The Balaban J connectivity index is 2.55. The van der Waals surface area contributed by atoms with Crippen LogP contribution in [0.5, 0.6) is 0 Å². The molecule has 13 heteroatoms. The molecule has 0 aromatic heterocycles. The normalized spacial score (nSPS) is 30.4. The van der Waals surface area contributed by atoms with Crippen LogP contribution in [-0.4, -0.2) is 102 Å². The highest BCUT2D eigenvalue weighted by Crippen LogP contribution is 2.28. The van der Waals surface area contributed by atoms with Crippen molar-refractivity contribution in [1.29, 1.82) is 0 Å². The summed E-state index contributed by atoms with van der Waals surface area (Å²) in [5, 5.41) is 21.5. The summed E-state index contributed by atoms with van der Waals surface area (Å²) in [4.78, 5) is 70.1. The molecular weight excluding hydrogens is 616 g/mol. The van der Waals surface area contributed by atoms with E-state index < -0.39 is 72.0 Å². The Kier molecular flexibility index (Phi) is 17.8. The fourth-order valence-corrected chi connectivity index (χ4v) is 6.68. The number of hydrogen-bond donors (Lipinski definition) is 6. The van der Waals surface area contributed by atoms with Crippen LogP contribution < -0.4 is 27.0 Å². The van der Waals surface area contributed by atoms with Gasteiger partial charge in [-0.3, -0.25) is 24.0 Å². The number of nitrogens with zero attached hydrogens (tertiary/aromatic N) is 1. The number of aliphatic hydroxyl groups is 1. The average molecular weight is 681 g/mol. The number of hydrogen-bond acceptors (Lipinski definition) is 8. The maximum absolute atomic E-state index is 14.1. The Labute approximate surface area is 287 Å². The van der Waals surface area contributed by atoms with Crippen molar-refractivity contribution in [2.45, 2.75) is 155 Å². The van der Waals surface area contributed by atoms with Crippen molar-refractivity contribution in [3.8, 4) is 0 Å². The molecule has 1 saturated heterocycles. The molecule has 1 heterocycles. The smallest absolute Gasteiger partial charge is 0.245 e. The van der Waals surface area contributed by atoms with E-state index in [-0.39, 0.29) is 30.9 Å². The predicted molar refractivity (Wildman–Crippen MR) is 184 cm³/mol. The van der Waals surface area contributed by atoms with Crippen molar-refractivity contribution in [2.75, 3.05) is 20.2 Å². The van der Waals surface area contributed by atoms with Crippen molar-refractivity contribution in [2.24, 2.45) is 23.5 Å². The second kappa shape index (κ2) is 20.7. The molecule has 0 spiro atoms. The van der Waals surface area contributed by atoms with Crippen LogP contribution in [0, 0.1) is 17.8 Å². The van der Waals surface area contributed by atoms with Crippen molar-refractivity contribution >= 4 is 29.5 Å². The minimum atomic E-state index is -1.32. The highest BCUT2D eigenvalue weighted by Gasteiger charge is 2.39. The van der Waals surface area contributed by atoms with Crippen molar-refractivity contribution in [1.82, 2.24) is 26.2 Å². The summed E-state index contributed by atoms with van der Waals surface area (Å²) in [5.41, 5.74) is 5.92. The second-order valence-corrected chi connectivity index (χ2v) is 14.4. The fraction of sp³-hybridized carbons (Fsp3) is 0.857. The van der Waals surface area contributed by atoms with Gasteiger partial charge in [0.05, 0.1) is 24.7 Å². The van der Waals surface area contributed by atoms with Gasteiger partial charge in [-0.25, -0.2) is 0 Å². The molecule has 2 rings (SSSR count). The average Bonchev–Trinajstić information content (AvgIpc) is 3.05. The SMILES string of the molecule is CCCCCC[C@H]1OC[C@@H](C)NC(=O)[C@H](C(C)O)NC(=O)[C@H](CN)NC(=O)[C@H](C2CCCCC2)NC(=O)[C@H](CC(C)C)N(C)C(=O)[C@@H]1C. The molecule has 0 aromatic rings. The number of nitrogens with one attached hydrogen (secondary N) is 4. The van der Waals surface area contributed by atoms with Gasteiger partial charge in [0, 0.05) is 19.6 Å². The Morgan fingerprint density at radius 1 is 0.875 bits per heavy atom. The van der Waals surface area contributed by atoms with Gasteiger partial charge in [-0.1, -0.05) is 72.6 Å². The minimum absolute atomic E-state index is 0.0765. The van der Waals surface area contributed by atoms with Crippen LogP contribution in [0.15, 0.2) is 0 Å². The molecule has 2 aliphatic rings. The summed E-state index contributed by atoms with van der Waals surface area (Å²) >= 11 is 0. The molecule has 2 fully saturated rings. The number of carbonyl (C=O) groups excluding carboxylic acids is 5. The van der Waals surface area contributed by atoms with E-state index >= 15 is 0 Å². The van der Waals surface area contributed by atoms with Crippen LogP contribution >= 0.6 is 0 Å². The molecule has 13 nitrogen and oxygen atoms in total. The zero-order chi connectivity index (χ0) is 36.0. The summed E-state index contributed by atoms with van der Waals surface area (Å²) in [6.45, 7) is 10.8. The highest BCUT2D eigenvalue weighted by atomic mass is 16.5. The third-order valence-electron chi connectivity index (χ3n) is 9.68. The Bertz CT molecular complexity index is 1050. The van der Waals surface area contributed by atoms with E-state index in [1.165, 1.54) is 11.8 Å². The molecular formula is C35H64N6O7. The lowest BCUT2D eigenvalue weighted by Gasteiger charge is -2.36. The monoisotopic (exact) mass is 680 g/mol. The van der Waals surface area contributed by atoms with Gasteiger partial charge in [0.15, 0.2) is 0 Å². The highest BCUT2D eigenvalue weighted by molar-refractivity contribution is 5.96. The first kappa shape index (κ1) is 41.4. The van der Waals surface area contributed by atoms with Crippen LogP contribution in [0.25, 0.3) is 0 Å². The summed E-state index contributed by atoms with van der Waals surface area (Å²) in [5.74, 6) is -3.26. The molecule has 8 atom stereocenters. The Morgan fingerprint density at radius 2 is 1.54 bits per heavy atom. The van der Waals surface area contributed by atoms with Crippen LogP contribution in [-0.2, 0) is 28.7 Å². The third kappa shape index (κ3) is 12.6. The van der Waals surface area contributed by atoms with Crippen LogP contribution in [0.3, 0.4) is 0 Å². The predicted octanol–water partition coefficient (Wildman–Crippen LogP) is 1.74. The zero-order valence-electron chi connectivity index (χ0n) is 30.4. The number of carbonyl (C=O) groups is 5. The van der Waals surface area contributed by atoms with E-state index in [0.717, 1.165) is 57.8 Å². The van der Waals surface area contributed by atoms with Gasteiger partial charge in [0.25, 0.3) is 0 Å². The zero-order valence-corrected chi connectivity index (χ0v) is 30.4. The van der Waals surface area contributed by atoms with Crippen LogP contribution in [0.1, 0.15) is 112 Å². The summed E-state index contributed by atoms with van der Waals surface area (Å²) in [6.07, 6.45) is 7.52. The van der Waals surface area contributed by atoms with E-state index in [0.29, 0.717) is 12.8 Å². The number of ether oxygens (including phenoxy) is 1. The Hall–Kier alpha value is -2.77. The van der Waals surface area contributed by atoms with Crippen LogP contribution in [0.2, 0.25) is 0 Å². The summed E-state index contributed by atoms with van der Waals surface area (Å²) < 4.78 is 6.30. The quantitative estimate of drug-likeness (QED) is 0.188. The van der Waals surface area contributed by atoms with Gasteiger partial charge in [-0.15, -0.1) is 0 Å². The molecule has 0 radical (unpaired) electrons. The standard InChI is InChI=1S/C35H64N6O7/c1-8-9-10-14-17-28-23(5)35(47)41(7)27(18-21(2)3)32(44)40-30(25-15-12-11-13-16-25)34(46)38-26(19-36)31(43)39-29(24(6)42)33(45)37-22(4)20-48-28/h21-30,42H,8-20,36H2,1-7H3,(H,37,45)(H,38,46)(H,39,43)(H,40,44)/t22-,23-,24?,26+,27+,28-,29+,30+/m1/s1. The van der Waals surface area contributed by atoms with Gasteiger partial charge >= 0.3 is 0 Å². The number of rotatable bonds is 10. The summed E-state index contributed by atoms with van der Waals surface area (Å²) in [7, 11) is 1.63. The maximum Gasteiger partial charge on any atom is 0.245 e. The molecule has 276 valence electrons. The molecule has 48 heavy (non-hydrogen) atoms. The maximum atomic E-state index is 14.1. The fourth-order valence-electron chi connectivity index (χ4n) is 6.68. The molecule has 5 amide bonds. The lowest BCUT2D eigenvalue weighted by Crippen LogP contribution is -2.62. The first-order valence-electron chi connectivity index (χ1n) is 18.2. The summed E-state index contributed by atoms with van der Waals surface area (Å²) in [6, 6.07) is -4.85. The van der Waals surface area contributed by atoms with Gasteiger partial charge in [-0.05, 0) is 51.4 Å². The molecule has 0 aromatic carbocycles. The number of aliphatic hydroxyl groups excluding tert-OH is 1. The van der Waals surface area contributed by atoms with Gasteiger partial charge < -0.3 is 41.7 Å². The Morgan fingerprint density at radius 3 is 2.12 bits per heavy atom. The number of likely N-dealkylation sites (N-methyl/N-ethyl adjacent to an activating group) is 1. The van der Waals surface area contributed by atoms with Gasteiger partial charge in [0.2, 0.25) is 29.5 Å². The molecule has 1 aliphatic heterocycles. The van der Waals surface area contributed by atoms with E-state index in [9.17, 15) is 29.1 Å². The topological polar surface area (TPSA) is 192 Å². The van der Waals surface area contributed by atoms with E-state index in [4.69, 9.17) is 10.5 Å². The van der Waals surface area contributed by atoms with Gasteiger partial charge in [0.1, 0.15) is 24.2 Å². The van der Waals surface area contributed by atoms with Gasteiger partial charge in [-0.2, -0.15) is 0 Å². The number of unbranched alkanes of at least 4 members (excludes halogenated alkanes) is 3. The van der Waals surface area contributed by atoms with Crippen molar-refractivity contribution < 1.29 is 33.8 Å². The largest absolute Gasteiger partial charge is 0.391 e. The first-order chi connectivity index (χ1) is 22.7. The number of amides is 5. The molecule has 0 bridgehead atoms. The van der Waals surface area contributed by atoms with Crippen molar-refractivity contribution in [3.05, 3.63) is 0 Å². The van der Waals surface area contributed by atoms with Crippen molar-refractivity contribution in [3.63, 3.8) is 0 Å². The number of nitrogens with two attached hydrogens (primary N) is 1. The molecule has 7 N–H and O–H groups in total. The van der Waals surface area contributed by atoms with E-state index in [2.05, 4.69) is 28.2 Å². The molecule has 1 saturated carbocycles. The third-order valence-corrected chi connectivity index (χ3v) is 9.68. The second-order valence-electron chi connectivity index (χ2n) is 14.4. The molecule has 1 unspecified atom stereocenters. The minimum Gasteiger partial charge on any atom is -0.391 e. The van der Waals surface area contributed by atoms with E-state index in [1.54, 1.807) is 14.0 Å². The molecule has 1 aliphatic carbocycles. The first-order valence-corrected chi connectivity index (χ1v) is 18.2. The lowest BCUT2D eigenvalue weighted by atomic mass is 9.83.